The third-order valence-corrected chi connectivity index (χ3v) is 3.77. The second-order valence-electron chi connectivity index (χ2n) is 4.38. The van der Waals surface area contributed by atoms with Gasteiger partial charge in [0, 0.05) is 25.0 Å². The molecule has 106 valence electrons. The number of hydrogen-bond acceptors (Lipinski definition) is 5. The van der Waals surface area contributed by atoms with E-state index in [1.54, 1.807) is 29.5 Å². The molecule has 2 rings (SSSR count). The monoisotopic (exact) mass is 290 g/mol. The number of aromatic nitrogens is 2. The summed E-state index contributed by atoms with van der Waals surface area (Å²) in [5.41, 5.74) is 0.372. The number of carbonyl (C=O) groups excluding carboxylic acids is 1. The smallest absolute Gasteiger partial charge is 0.273 e. The van der Waals surface area contributed by atoms with E-state index in [0.29, 0.717) is 18.1 Å². The van der Waals surface area contributed by atoms with Crippen molar-refractivity contribution >= 4 is 23.1 Å². The van der Waals surface area contributed by atoms with E-state index in [9.17, 15) is 4.79 Å². The average Bonchev–Trinajstić information content (AvgIpc) is 2.98. The van der Waals surface area contributed by atoms with Crippen LogP contribution in [0.4, 0.5) is 5.82 Å². The molecule has 0 spiro atoms. The largest absolute Gasteiger partial charge is 0.369 e. The standard InChI is InChI=1S/C14H18N4OS/c1-3-16-13-10-15-9-12(17-13)14(19)18(2)7-6-11-5-4-8-20-11/h4-5,8-10H,3,6-7H2,1-2H3,(H,16,17). The van der Waals surface area contributed by atoms with Crippen LogP contribution >= 0.6 is 11.3 Å². The normalized spacial score (nSPS) is 10.3. The summed E-state index contributed by atoms with van der Waals surface area (Å²) in [4.78, 5) is 23.5. The molecular weight excluding hydrogens is 272 g/mol. The molecule has 2 aromatic rings. The van der Waals surface area contributed by atoms with Crippen LogP contribution in [0.2, 0.25) is 0 Å². The summed E-state index contributed by atoms with van der Waals surface area (Å²) in [5.74, 6) is 0.527. The van der Waals surface area contributed by atoms with E-state index >= 15 is 0 Å². The van der Waals surface area contributed by atoms with E-state index in [-0.39, 0.29) is 5.91 Å². The second kappa shape index (κ2) is 7.00. The van der Waals surface area contributed by atoms with Crippen molar-refractivity contribution in [2.45, 2.75) is 13.3 Å². The molecule has 0 aliphatic heterocycles. The van der Waals surface area contributed by atoms with Crippen molar-refractivity contribution in [2.24, 2.45) is 0 Å². The predicted molar refractivity (Wildman–Crippen MR) is 81.2 cm³/mol. The topological polar surface area (TPSA) is 58.1 Å². The Morgan fingerprint density at radius 2 is 2.30 bits per heavy atom. The maximum atomic E-state index is 12.3. The summed E-state index contributed by atoms with van der Waals surface area (Å²) < 4.78 is 0. The number of amides is 1. The van der Waals surface area contributed by atoms with Gasteiger partial charge in [-0.2, -0.15) is 0 Å². The van der Waals surface area contributed by atoms with Gasteiger partial charge < -0.3 is 10.2 Å². The molecule has 5 nitrogen and oxygen atoms in total. The summed E-state index contributed by atoms with van der Waals surface area (Å²) in [6.07, 6.45) is 3.98. The van der Waals surface area contributed by atoms with E-state index in [1.165, 1.54) is 11.1 Å². The van der Waals surface area contributed by atoms with Gasteiger partial charge in [-0.25, -0.2) is 4.98 Å². The van der Waals surface area contributed by atoms with Crippen molar-refractivity contribution in [3.63, 3.8) is 0 Å². The van der Waals surface area contributed by atoms with Crippen LogP contribution in [0.3, 0.4) is 0 Å². The van der Waals surface area contributed by atoms with Gasteiger partial charge in [-0.1, -0.05) is 6.07 Å². The first-order valence-electron chi connectivity index (χ1n) is 6.54. The molecule has 0 saturated carbocycles. The molecule has 6 heteroatoms. The third-order valence-electron chi connectivity index (χ3n) is 2.83. The number of nitrogens with zero attached hydrogens (tertiary/aromatic N) is 3. The van der Waals surface area contributed by atoms with Crippen molar-refractivity contribution in [3.8, 4) is 0 Å². The fourth-order valence-electron chi connectivity index (χ4n) is 1.77. The summed E-state index contributed by atoms with van der Waals surface area (Å²) in [5, 5.41) is 5.10. The van der Waals surface area contributed by atoms with Gasteiger partial charge in [-0.3, -0.25) is 9.78 Å². The van der Waals surface area contributed by atoms with Crippen LogP contribution in [0.25, 0.3) is 0 Å². The number of hydrogen-bond donors (Lipinski definition) is 1. The molecule has 2 aromatic heterocycles. The van der Waals surface area contributed by atoms with E-state index in [2.05, 4.69) is 21.4 Å². The van der Waals surface area contributed by atoms with Gasteiger partial charge in [0.05, 0.1) is 12.4 Å². The first-order valence-corrected chi connectivity index (χ1v) is 7.42. The lowest BCUT2D eigenvalue weighted by atomic mass is 10.3. The lowest BCUT2D eigenvalue weighted by Crippen LogP contribution is -2.29. The van der Waals surface area contributed by atoms with Crippen LogP contribution in [0.15, 0.2) is 29.9 Å². The number of thiophene rings is 1. The lowest BCUT2D eigenvalue weighted by molar-refractivity contribution is 0.0791. The molecule has 20 heavy (non-hydrogen) atoms. The first-order chi connectivity index (χ1) is 9.70. The zero-order valence-corrected chi connectivity index (χ0v) is 12.5. The van der Waals surface area contributed by atoms with Crippen LogP contribution in [0, 0.1) is 0 Å². The Morgan fingerprint density at radius 3 is 3.00 bits per heavy atom. The highest BCUT2D eigenvalue weighted by molar-refractivity contribution is 7.09. The molecule has 0 aliphatic carbocycles. The number of likely N-dealkylation sites (N-methyl/N-ethyl adjacent to an activating group) is 1. The van der Waals surface area contributed by atoms with Crippen molar-refractivity contribution in [3.05, 3.63) is 40.5 Å². The van der Waals surface area contributed by atoms with E-state index in [4.69, 9.17) is 0 Å². The minimum absolute atomic E-state index is 0.103. The van der Waals surface area contributed by atoms with Gasteiger partial charge in [0.2, 0.25) is 0 Å². The highest BCUT2D eigenvalue weighted by atomic mass is 32.1. The van der Waals surface area contributed by atoms with Crippen molar-refractivity contribution in [1.29, 1.82) is 0 Å². The van der Waals surface area contributed by atoms with E-state index in [1.807, 2.05) is 18.4 Å². The molecule has 2 heterocycles. The number of rotatable bonds is 6. The van der Waals surface area contributed by atoms with Gasteiger partial charge in [-0.15, -0.1) is 11.3 Å². The van der Waals surface area contributed by atoms with Gasteiger partial charge >= 0.3 is 0 Å². The quantitative estimate of drug-likeness (QED) is 0.887. The Morgan fingerprint density at radius 1 is 1.45 bits per heavy atom. The Hall–Kier alpha value is -1.95. The molecule has 0 unspecified atom stereocenters. The first kappa shape index (κ1) is 14.5. The Bertz CT molecular complexity index is 556. The van der Waals surface area contributed by atoms with Gasteiger partial charge in [-0.05, 0) is 24.8 Å². The second-order valence-corrected chi connectivity index (χ2v) is 5.41. The number of nitrogens with one attached hydrogen (secondary N) is 1. The molecular formula is C14H18N4OS. The summed E-state index contributed by atoms with van der Waals surface area (Å²) in [7, 11) is 1.79. The highest BCUT2D eigenvalue weighted by Crippen LogP contribution is 2.10. The molecule has 0 aromatic carbocycles. The molecule has 0 radical (unpaired) electrons. The van der Waals surface area contributed by atoms with Crippen LogP contribution in [-0.4, -0.2) is 40.9 Å². The Balaban J connectivity index is 1.97. The Labute approximate surface area is 122 Å². The molecule has 0 fully saturated rings. The highest BCUT2D eigenvalue weighted by Gasteiger charge is 2.14. The fraction of sp³-hybridized carbons (Fsp3) is 0.357. The fourth-order valence-corrected chi connectivity index (χ4v) is 2.46. The minimum atomic E-state index is -0.103. The molecule has 0 aliphatic rings. The molecule has 1 amide bonds. The molecule has 0 atom stereocenters. The van der Waals surface area contributed by atoms with Crippen LogP contribution in [0.5, 0.6) is 0 Å². The van der Waals surface area contributed by atoms with Crippen molar-refractivity contribution in [1.82, 2.24) is 14.9 Å². The van der Waals surface area contributed by atoms with Crippen molar-refractivity contribution in [2.75, 3.05) is 25.5 Å². The number of carbonyl (C=O) groups is 1. The Kier molecular flexibility index (Phi) is 5.06. The average molecular weight is 290 g/mol. The maximum Gasteiger partial charge on any atom is 0.273 e. The SMILES string of the molecule is CCNc1cncc(C(=O)N(C)CCc2cccs2)n1. The van der Waals surface area contributed by atoms with Gasteiger partial charge in [0.25, 0.3) is 5.91 Å². The zero-order valence-electron chi connectivity index (χ0n) is 11.7. The number of anilines is 1. The van der Waals surface area contributed by atoms with Crippen LogP contribution in [0.1, 0.15) is 22.3 Å². The van der Waals surface area contributed by atoms with Gasteiger partial charge in [0.15, 0.2) is 0 Å². The third kappa shape index (κ3) is 3.77. The molecule has 0 bridgehead atoms. The predicted octanol–water partition coefficient (Wildman–Crippen LogP) is 2.28. The van der Waals surface area contributed by atoms with Gasteiger partial charge in [0.1, 0.15) is 11.5 Å². The molecule has 1 N–H and O–H groups in total. The van der Waals surface area contributed by atoms with E-state index in [0.717, 1.165) is 13.0 Å². The summed E-state index contributed by atoms with van der Waals surface area (Å²) >= 11 is 1.71. The zero-order chi connectivity index (χ0) is 14.4. The van der Waals surface area contributed by atoms with Crippen molar-refractivity contribution < 1.29 is 4.79 Å². The van der Waals surface area contributed by atoms with E-state index < -0.39 is 0 Å². The maximum absolute atomic E-state index is 12.3. The summed E-state index contributed by atoms with van der Waals surface area (Å²) in [6.45, 7) is 3.40. The van der Waals surface area contributed by atoms with Crippen LogP contribution in [-0.2, 0) is 6.42 Å². The van der Waals surface area contributed by atoms with Crippen LogP contribution < -0.4 is 5.32 Å². The lowest BCUT2D eigenvalue weighted by Gasteiger charge is -2.16. The summed E-state index contributed by atoms with van der Waals surface area (Å²) in [6, 6.07) is 4.10. The molecule has 0 saturated heterocycles. The minimum Gasteiger partial charge on any atom is -0.369 e.